The fourth-order valence-corrected chi connectivity index (χ4v) is 1.67. The zero-order valence-electron chi connectivity index (χ0n) is 10.1. The lowest BCUT2D eigenvalue weighted by Gasteiger charge is -2.12. The zero-order valence-corrected chi connectivity index (χ0v) is 10.1. The smallest absolute Gasteiger partial charge is 0.241 e. The number of fused-ring (bicyclic) bond motifs is 1. The average Bonchev–Trinajstić information content (AvgIpc) is 2.85. The van der Waals surface area contributed by atoms with Gasteiger partial charge in [0.15, 0.2) is 0 Å². The van der Waals surface area contributed by atoms with E-state index < -0.39 is 6.04 Å². The normalized spacial score (nSPS) is 12.6. The van der Waals surface area contributed by atoms with Crippen LogP contribution < -0.4 is 11.1 Å². The number of rotatable bonds is 5. The maximum absolute atomic E-state index is 11.9. The first kappa shape index (κ1) is 12.5. The van der Waals surface area contributed by atoms with Crippen molar-refractivity contribution in [2.45, 2.75) is 12.5 Å². The molecule has 1 unspecified atom stereocenters. The Hall–Kier alpha value is -1.92. The second-order valence-corrected chi connectivity index (χ2v) is 4.02. The van der Waals surface area contributed by atoms with Crippen molar-refractivity contribution in [1.82, 2.24) is 10.2 Å². The highest BCUT2D eigenvalue weighted by atomic mass is 16.5. The van der Waals surface area contributed by atoms with E-state index in [-0.39, 0.29) is 5.91 Å². The SMILES string of the molecule is COCCC(N)C(=O)Nc1cccc2cn[nH]c12. The van der Waals surface area contributed by atoms with E-state index in [4.69, 9.17) is 10.5 Å². The van der Waals surface area contributed by atoms with Gasteiger partial charge in [0.2, 0.25) is 5.91 Å². The molecule has 1 amide bonds. The molecule has 96 valence electrons. The number of para-hydroxylation sites is 1. The molecule has 1 aromatic carbocycles. The lowest BCUT2D eigenvalue weighted by atomic mass is 10.2. The number of benzene rings is 1. The monoisotopic (exact) mass is 248 g/mol. The molecule has 0 aliphatic carbocycles. The lowest BCUT2D eigenvalue weighted by Crippen LogP contribution is -2.36. The predicted molar refractivity (Wildman–Crippen MR) is 69.2 cm³/mol. The number of amides is 1. The predicted octanol–water partition coefficient (Wildman–Crippen LogP) is 0.865. The van der Waals surface area contributed by atoms with Crippen molar-refractivity contribution < 1.29 is 9.53 Å². The minimum Gasteiger partial charge on any atom is -0.385 e. The minimum atomic E-state index is -0.580. The summed E-state index contributed by atoms with van der Waals surface area (Å²) < 4.78 is 4.89. The molecule has 0 saturated heterocycles. The number of ether oxygens (including phenoxy) is 1. The largest absolute Gasteiger partial charge is 0.385 e. The van der Waals surface area contributed by atoms with Crippen LogP contribution in [0.15, 0.2) is 24.4 Å². The fourth-order valence-electron chi connectivity index (χ4n) is 1.67. The number of aromatic nitrogens is 2. The van der Waals surface area contributed by atoms with Crippen molar-refractivity contribution in [2.75, 3.05) is 19.0 Å². The van der Waals surface area contributed by atoms with Crippen LogP contribution in [-0.2, 0) is 9.53 Å². The van der Waals surface area contributed by atoms with Crippen LogP contribution in [0, 0.1) is 0 Å². The Balaban J connectivity index is 2.09. The molecular weight excluding hydrogens is 232 g/mol. The Morgan fingerprint density at radius 2 is 2.44 bits per heavy atom. The maximum atomic E-state index is 11.9. The van der Waals surface area contributed by atoms with Crippen molar-refractivity contribution in [2.24, 2.45) is 5.73 Å². The number of carbonyl (C=O) groups is 1. The van der Waals surface area contributed by atoms with Gasteiger partial charge in [-0.05, 0) is 12.5 Å². The number of carbonyl (C=O) groups excluding carboxylic acids is 1. The number of anilines is 1. The van der Waals surface area contributed by atoms with Gasteiger partial charge in [-0.2, -0.15) is 5.10 Å². The number of nitrogens with zero attached hydrogens (tertiary/aromatic N) is 1. The summed E-state index contributed by atoms with van der Waals surface area (Å²) in [7, 11) is 1.58. The van der Waals surface area contributed by atoms with Gasteiger partial charge in [0, 0.05) is 19.1 Å². The van der Waals surface area contributed by atoms with Crippen molar-refractivity contribution in [3.63, 3.8) is 0 Å². The van der Waals surface area contributed by atoms with E-state index in [1.54, 1.807) is 19.4 Å². The molecule has 0 spiro atoms. The Morgan fingerprint density at radius 3 is 3.22 bits per heavy atom. The summed E-state index contributed by atoms with van der Waals surface area (Å²) in [5, 5.41) is 10.5. The van der Waals surface area contributed by atoms with E-state index in [9.17, 15) is 4.79 Å². The van der Waals surface area contributed by atoms with Gasteiger partial charge >= 0.3 is 0 Å². The molecule has 0 bridgehead atoms. The third-order valence-electron chi connectivity index (χ3n) is 2.70. The second-order valence-electron chi connectivity index (χ2n) is 4.02. The highest BCUT2D eigenvalue weighted by molar-refractivity contribution is 6.02. The lowest BCUT2D eigenvalue weighted by molar-refractivity contribution is -0.117. The number of aromatic amines is 1. The molecule has 18 heavy (non-hydrogen) atoms. The molecule has 2 aromatic rings. The van der Waals surface area contributed by atoms with Gasteiger partial charge in [-0.1, -0.05) is 12.1 Å². The van der Waals surface area contributed by atoms with Crippen molar-refractivity contribution in [3.8, 4) is 0 Å². The van der Waals surface area contributed by atoms with E-state index in [0.29, 0.717) is 18.7 Å². The maximum Gasteiger partial charge on any atom is 0.241 e. The van der Waals surface area contributed by atoms with Crippen LogP contribution in [0.1, 0.15) is 6.42 Å². The number of nitrogens with one attached hydrogen (secondary N) is 2. The zero-order chi connectivity index (χ0) is 13.0. The number of methoxy groups -OCH3 is 1. The third kappa shape index (κ3) is 2.66. The van der Waals surface area contributed by atoms with Crippen molar-refractivity contribution in [1.29, 1.82) is 0 Å². The van der Waals surface area contributed by atoms with Gasteiger partial charge in [-0.15, -0.1) is 0 Å². The molecule has 0 saturated carbocycles. The van der Waals surface area contributed by atoms with E-state index in [1.165, 1.54) is 0 Å². The summed E-state index contributed by atoms with van der Waals surface area (Å²) in [6.45, 7) is 0.461. The number of hydrogen-bond donors (Lipinski definition) is 3. The number of nitrogens with two attached hydrogens (primary N) is 1. The Morgan fingerprint density at radius 1 is 1.61 bits per heavy atom. The van der Waals surface area contributed by atoms with Crippen LogP contribution in [0.4, 0.5) is 5.69 Å². The van der Waals surface area contributed by atoms with Crippen molar-refractivity contribution in [3.05, 3.63) is 24.4 Å². The minimum absolute atomic E-state index is 0.228. The highest BCUT2D eigenvalue weighted by Crippen LogP contribution is 2.20. The fraction of sp³-hybridized carbons (Fsp3) is 0.333. The molecule has 1 aromatic heterocycles. The van der Waals surface area contributed by atoms with Crippen LogP contribution in [0.5, 0.6) is 0 Å². The van der Waals surface area contributed by atoms with Crippen LogP contribution in [-0.4, -0.2) is 35.9 Å². The summed E-state index contributed by atoms with van der Waals surface area (Å²) in [5.41, 5.74) is 7.23. The molecule has 0 aliphatic rings. The van der Waals surface area contributed by atoms with Gasteiger partial charge < -0.3 is 15.8 Å². The van der Waals surface area contributed by atoms with Gasteiger partial charge in [0.25, 0.3) is 0 Å². The van der Waals surface area contributed by atoms with E-state index in [1.807, 2.05) is 12.1 Å². The molecule has 0 aliphatic heterocycles. The standard InChI is InChI=1S/C12H16N4O2/c1-18-6-5-9(13)12(17)15-10-4-2-3-8-7-14-16-11(8)10/h2-4,7,9H,5-6,13H2,1H3,(H,14,16)(H,15,17). The second kappa shape index (κ2) is 5.61. The third-order valence-corrected chi connectivity index (χ3v) is 2.70. The van der Waals surface area contributed by atoms with Crippen LogP contribution in [0.3, 0.4) is 0 Å². The Labute approximate surface area is 104 Å². The van der Waals surface area contributed by atoms with Crippen LogP contribution in [0.25, 0.3) is 10.9 Å². The van der Waals surface area contributed by atoms with Crippen LogP contribution in [0.2, 0.25) is 0 Å². The van der Waals surface area contributed by atoms with Gasteiger partial charge in [-0.25, -0.2) is 0 Å². The molecule has 0 fully saturated rings. The van der Waals surface area contributed by atoms with Gasteiger partial charge in [0.05, 0.1) is 23.4 Å². The summed E-state index contributed by atoms with van der Waals surface area (Å²) in [6, 6.07) is 5.00. The Bertz CT molecular complexity index is 538. The quantitative estimate of drug-likeness (QED) is 0.731. The molecule has 6 nitrogen and oxygen atoms in total. The first-order valence-electron chi connectivity index (χ1n) is 5.70. The summed E-state index contributed by atoms with van der Waals surface area (Å²) in [6.07, 6.45) is 2.19. The van der Waals surface area contributed by atoms with E-state index in [2.05, 4.69) is 15.5 Å². The van der Waals surface area contributed by atoms with Crippen molar-refractivity contribution >= 4 is 22.5 Å². The molecule has 6 heteroatoms. The highest BCUT2D eigenvalue weighted by Gasteiger charge is 2.14. The molecule has 2 rings (SSSR count). The molecule has 4 N–H and O–H groups in total. The van der Waals surface area contributed by atoms with E-state index in [0.717, 1.165) is 10.9 Å². The van der Waals surface area contributed by atoms with Crippen LogP contribution >= 0.6 is 0 Å². The molecular formula is C12H16N4O2. The average molecular weight is 248 g/mol. The molecule has 1 heterocycles. The summed E-state index contributed by atoms with van der Waals surface area (Å²) in [4.78, 5) is 11.9. The number of hydrogen-bond acceptors (Lipinski definition) is 4. The molecule has 0 radical (unpaired) electrons. The van der Waals surface area contributed by atoms with E-state index >= 15 is 0 Å². The topological polar surface area (TPSA) is 93.0 Å². The molecule has 1 atom stereocenters. The first-order valence-corrected chi connectivity index (χ1v) is 5.70. The van der Waals surface area contributed by atoms with Gasteiger partial charge in [-0.3, -0.25) is 9.89 Å². The Kier molecular flexibility index (Phi) is 3.91. The summed E-state index contributed by atoms with van der Waals surface area (Å²) in [5.74, 6) is -0.228. The van der Waals surface area contributed by atoms with Gasteiger partial charge in [0.1, 0.15) is 0 Å². The first-order chi connectivity index (χ1) is 8.72. The number of H-pyrrole nitrogens is 1. The summed E-state index contributed by atoms with van der Waals surface area (Å²) >= 11 is 0.